The molecule has 0 aromatic heterocycles. The van der Waals surface area contributed by atoms with Gasteiger partial charge in [0.15, 0.2) is 23.3 Å². The van der Waals surface area contributed by atoms with Gasteiger partial charge in [-0.25, -0.2) is 31.1 Å². The largest absolute Gasteiger partial charge is 0.478 e. The predicted molar refractivity (Wildman–Crippen MR) is 68.3 cm³/mol. The Morgan fingerprint density at radius 1 is 0.826 bits per heavy atom. The van der Waals surface area contributed by atoms with E-state index in [-0.39, 0.29) is 0 Å². The van der Waals surface area contributed by atoms with Crippen LogP contribution in [0.15, 0.2) is 24.3 Å². The summed E-state index contributed by atoms with van der Waals surface area (Å²) in [6.45, 7) is 0. The van der Waals surface area contributed by atoms with E-state index in [1.165, 1.54) is 0 Å². The van der Waals surface area contributed by atoms with E-state index in [1.54, 1.807) is 0 Å². The standard InChI is InChI=1S/C15H6F6O2/c16-10-6(4-5-8(22)23)2-1-3-7(10)9-11(17)13(19)15(21)14(20)12(9)18/h1-5H,(H,22,23)/b5-4+. The molecule has 2 rings (SSSR count). The highest BCUT2D eigenvalue weighted by atomic mass is 19.2. The van der Waals surface area contributed by atoms with Crippen molar-refractivity contribution in [1.29, 1.82) is 0 Å². The summed E-state index contributed by atoms with van der Waals surface area (Å²) in [6.07, 6.45) is 1.34. The normalized spacial score (nSPS) is 11.2. The molecule has 0 radical (unpaired) electrons. The second-order valence-electron chi connectivity index (χ2n) is 4.33. The summed E-state index contributed by atoms with van der Waals surface area (Å²) < 4.78 is 81.0. The summed E-state index contributed by atoms with van der Waals surface area (Å²) in [5.41, 5.74) is -2.70. The van der Waals surface area contributed by atoms with Crippen LogP contribution in [-0.2, 0) is 4.79 Å². The first-order valence-electron chi connectivity index (χ1n) is 5.97. The molecular formula is C15H6F6O2. The zero-order valence-electron chi connectivity index (χ0n) is 11.0. The van der Waals surface area contributed by atoms with Crippen molar-refractivity contribution in [2.75, 3.05) is 0 Å². The van der Waals surface area contributed by atoms with Gasteiger partial charge in [0.05, 0.1) is 5.56 Å². The first-order valence-corrected chi connectivity index (χ1v) is 5.97. The Morgan fingerprint density at radius 3 is 1.87 bits per heavy atom. The van der Waals surface area contributed by atoms with Crippen molar-refractivity contribution in [3.8, 4) is 11.1 Å². The smallest absolute Gasteiger partial charge is 0.328 e. The molecule has 0 saturated carbocycles. The SMILES string of the molecule is O=C(O)/C=C/c1cccc(-c2c(F)c(F)c(F)c(F)c2F)c1F. The van der Waals surface area contributed by atoms with Gasteiger partial charge in [0.2, 0.25) is 5.82 Å². The van der Waals surface area contributed by atoms with Gasteiger partial charge in [-0.05, 0) is 6.08 Å². The zero-order chi connectivity index (χ0) is 17.3. The van der Waals surface area contributed by atoms with Gasteiger partial charge in [-0.1, -0.05) is 18.2 Å². The van der Waals surface area contributed by atoms with Crippen molar-refractivity contribution < 1.29 is 36.2 Å². The van der Waals surface area contributed by atoms with Gasteiger partial charge in [0.1, 0.15) is 5.82 Å². The fourth-order valence-electron chi connectivity index (χ4n) is 1.87. The lowest BCUT2D eigenvalue weighted by Gasteiger charge is -2.10. The summed E-state index contributed by atoms with van der Waals surface area (Å²) in [6, 6.07) is 2.97. The van der Waals surface area contributed by atoms with Crippen molar-refractivity contribution in [2.24, 2.45) is 0 Å². The van der Waals surface area contributed by atoms with E-state index in [1.807, 2.05) is 0 Å². The maximum Gasteiger partial charge on any atom is 0.328 e. The third-order valence-corrected chi connectivity index (χ3v) is 2.91. The van der Waals surface area contributed by atoms with Crippen LogP contribution in [0.25, 0.3) is 17.2 Å². The molecule has 8 heteroatoms. The second kappa shape index (κ2) is 6.15. The van der Waals surface area contributed by atoms with Gasteiger partial charge in [-0.3, -0.25) is 0 Å². The fraction of sp³-hybridized carbons (Fsp3) is 0. The summed E-state index contributed by atoms with van der Waals surface area (Å²) in [7, 11) is 0. The van der Waals surface area contributed by atoms with Crippen LogP contribution >= 0.6 is 0 Å². The molecule has 0 aliphatic carbocycles. The Balaban J connectivity index is 2.74. The third kappa shape index (κ3) is 2.92. The van der Waals surface area contributed by atoms with Crippen molar-refractivity contribution >= 4 is 12.0 Å². The molecule has 23 heavy (non-hydrogen) atoms. The number of rotatable bonds is 3. The predicted octanol–water partition coefficient (Wildman–Crippen LogP) is 4.29. The van der Waals surface area contributed by atoms with Crippen LogP contribution < -0.4 is 0 Å². The van der Waals surface area contributed by atoms with Gasteiger partial charge in [0, 0.05) is 17.2 Å². The highest BCUT2D eigenvalue weighted by molar-refractivity contribution is 5.85. The average molecular weight is 332 g/mol. The number of hydrogen-bond donors (Lipinski definition) is 1. The molecule has 0 aliphatic rings. The number of carboxylic acids is 1. The van der Waals surface area contributed by atoms with Gasteiger partial charge < -0.3 is 5.11 Å². The summed E-state index contributed by atoms with van der Waals surface area (Å²) in [5, 5.41) is 8.47. The summed E-state index contributed by atoms with van der Waals surface area (Å²) in [5.74, 6) is -13.9. The number of halogens is 6. The Bertz CT molecular complexity index is 800. The van der Waals surface area contributed by atoms with Crippen LogP contribution in [0, 0.1) is 34.9 Å². The molecule has 0 aliphatic heterocycles. The Morgan fingerprint density at radius 2 is 1.35 bits per heavy atom. The zero-order valence-corrected chi connectivity index (χ0v) is 11.0. The first-order chi connectivity index (χ1) is 10.8. The first kappa shape index (κ1) is 16.6. The van der Waals surface area contributed by atoms with E-state index in [0.717, 1.165) is 24.3 Å². The topological polar surface area (TPSA) is 37.3 Å². The molecule has 120 valence electrons. The molecule has 0 amide bonds. The molecule has 0 spiro atoms. The van der Waals surface area contributed by atoms with Gasteiger partial charge in [-0.2, -0.15) is 0 Å². The van der Waals surface area contributed by atoms with Crippen molar-refractivity contribution in [2.45, 2.75) is 0 Å². The quantitative estimate of drug-likeness (QED) is 0.394. The molecule has 2 nitrogen and oxygen atoms in total. The number of carbonyl (C=O) groups is 1. The molecule has 0 bridgehead atoms. The monoisotopic (exact) mass is 332 g/mol. The summed E-state index contributed by atoms with van der Waals surface area (Å²) >= 11 is 0. The van der Waals surface area contributed by atoms with Crippen LogP contribution in [0.1, 0.15) is 5.56 Å². The molecule has 0 atom stereocenters. The van der Waals surface area contributed by atoms with E-state index in [2.05, 4.69) is 0 Å². The van der Waals surface area contributed by atoms with E-state index < -0.39 is 57.6 Å². The molecular weight excluding hydrogens is 326 g/mol. The lowest BCUT2D eigenvalue weighted by atomic mass is 10.00. The number of benzene rings is 2. The highest BCUT2D eigenvalue weighted by Crippen LogP contribution is 2.34. The Kier molecular flexibility index (Phi) is 4.44. The van der Waals surface area contributed by atoms with Crippen molar-refractivity contribution in [3.63, 3.8) is 0 Å². The molecule has 0 heterocycles. The number of carboxylic acid groups (broad SMARTS) is 1. The highest BCUT2D eigenvalue weighted by Gasteiger charge is 2.28. The Labute approximate surface area is 125 Å². The van der Waals surface area contributed by atoms with E-state index in [9.17, 15) is 31.1 Å². The summed E-state index contributed by atoms with van der Waals surface area (Å²) in [4.78, 5) is 10.4. The van der Waals surface area contributed by atoms with Crippen LogP contribution in [0.5, 0.6) is 0 Å². The number of hydrogen-bond acceptors (Lipinski definition) is 1. The fourth-order valence-corrected chi connectivity index (χ4v) is 1.87. The van der Waals surface area contributed by atoms with Crippen LogP contribution in [0.3, 0.4) is 0 Å². The molecule has 2 aromatic carbocycles. The molecule has 0 unspecified atom stereocenters. The van der Waals surface area contributed by atoms with E-state index >= 15 is 0 Å². The molecule has 1 N–H and O–H groups in total. The third-order valence-electron chi connectivity index (χ3n) is 2.91. The lowest BCUT2D eigenvalue weighted by molar-refractivity contribution is -0.131. The van der Waals surface area contributed by atoms with Gasteiger partial charge in [0.25, 0.3) is 0 Å². The van der Waals surface area contributed by atoms with E-state index in [0.29, 0.717) is 6.08 Å². The van der Waals surface area contributed by atoms with E-state index in [4.69, 9.17) is 5.11 Å². The van der Waals surface area contributed by atoms with Crippen LogP contribution in [-0.4, -0.2) is 11.1 Å². The number of aliphatic carboxylic acids is 1. The van der Waals surface area contributed by atoms with Gasteiger partial charge in [-0.15, -0.1) is 0 Å². The minimum atomic E-state index is -2.36. The van der Waals surface area contributed by atoms with Crippen molar-refractivity contribution in [3.05, 3.63) is 64.7 Å². The average Bonchev–Trinajstić information content (AvgIpc) is 2.51. The van der Waals surface area contributed by atoms with Gasteiger partial charge >= 0.3 is 5.97 Å². The molecule has 0 fully saturated rings. The van der Waals surface area contributed by atoms with Crippen molar-refractivity contribution in [1.82, 2.24) is 0 Å². The van der Waals surface area contributed by atoms with Crippen LogP contribution in [0.4, 0.5) is 26.3 Å². The second-order valence-corrected chi connectivity index (χ2v) is 4.33. The minimum Gasteiger partial charge on any atom is -0.478 e. The molecule has 2 aromatic rings. The maximum atomic E-state index is 14.2. The lowest BCUT2D eigenvalue weighted by Crippen LogP contribution is -2.05. The minimum absolute atomic E-state index is 0.395. The molecule has 0 saturated heterocycles. The Hall–Kier alpha value is -2.77. The van der Waals surface area contributed by atoms with Crippen LogP contribution in [0.2, 0.25) is 0 Å². The maximum absolute atomic E-state index is 14.2.